The number of ether oxygens (including phenoxy) is 1. The number of methoxy groups -OCH3 is 1. The number of thiophene rings is 1. The van der Waals surface area contributed by atoms with Gasteiger partial charge in [0.25, 0.3) is 0 Å². The summed E-state index contributed by atoms with van der Waals surface area (Å²) in [5.74, 6) is 0.722. The van der Waals surface area contributed by atoms with Gasteiger partial charge in [-0.3, -0.25) is 9.69 Å². The second kappa shape index (κ2) is 7.57. The van der Waals surface area contributed by atoms with Gasteiger partial charge in [-0.1, -0.05) is 24.3 Å². The van der Waals surface area contributed by atoms with Gasteiger partial charge in [-0.05, 0) is 37.4 Å². The van der Waals surface area contributed by atoms with Crippen LogP contribution < -0.4 is 0 Å². The third-order valence-electron chi connectivity index (χ3n) is 5.05. The molecule has 0 spiro atoms. The molecule has 4 heterocycles. The molecule has 3 aromatic rings. The van der Waals surface area contributed by atoms with E-state index < -0.39 is 0 Å². The fourth-order valence-electron chi connectivity index (χ4n) is 3.60. The minimum atomic E-state index is -0.129. The Hall–Kier alpha value is -1.97. The predicted octanol–water partition coefficient (Wildman–Crippen LogP) is 3.09. The molecule has 0 aromatic carbocycles. The Labute approximate surface area is 165 Å². The zero-order valence-electron chi connectivity index (χ0n) is 15.3. The van der Waals surface area contributed by atoms with Gasteiger partial charge in [0.1, 0.15) is 0 Å². The summed E-state index contributed by atoms with van der Waals surface area (Å²) in [6.45, 7) is 3.54. The van der Waals surface area contributed by atoms with Gasteiger partial charge >= 0.3 is 5.97 Å². The molecule has 1 aliphatic heterocycles. The number of carbonyl (C=O) groups excluding carboxylic acids is 1. The third-order valence-corrected chi connectivity index (χ3v) is 7.05. The van der Waals surface area contributed by atoms with Gasteiger partial charge in [0.05, 0.1) is 23.9 Å². The zero-order chi connectivity index (χ0) is 19.0. The Bertz CT molecular complexity index is 926. The van der Waals surface area contributed by atoms with Gasteiger partial charge < -0.3 is 9.84 Å². The summed E-state index contributed by atoms with van der Waals surface area (Å²) in [7, 11) is 1.44. The Balaban J connectivity index is 1.66. The summed E-state index contributed by atoms with van der Waals surface area (Å²) >= 11 is 3.16. The lowest BCUT2D eigenvalue weighted by atomic mass is 9.95. The lowest BCUT2D eigenvalue weighted by molar-refractivity contribution is -0.147. The first-order chi connectivity index (χ1) is 13.1. The van der Waals surface area contributed by atoms with Crippen LogP contribution in [0.4, 0.5) is 0 Å². The van der Waals surface area contributed by atoms with E-state index in [2.05, 4.69) is 21.0 Å². The second-order valence-corrected chi connectivity index (χ2v) is 8.61. The topological polar surface area (TPSA) is 80.0 Å². The Morgan fingerprint density at radius 1 is 1.44 bits per heavy atom. The molecule has 1 aliphatic rings. The summed E-state index contributed by atoms with van der Waals surface area (Å²) in [6, 6.07) is 4.06. The average molecular weight is 407 g/mol. The molecular formula is C18H22N4O3S2. The largest absolute Gasteiger partial charge is 0.492 e. The van der Waals surface area contributed by atoms with Crippen molar-refractivity contribution in [2.75, 3.05) is 20.2 Å². The molecule has 4 rings (SSSR count). The molecule has 9 heteroatoms. The lowest BCUT2D eigenvalue weighted by Crippen LogP contribution is -2.39. The van der Waals surface area contributed by atoms with Crippen LogP contribution in [0.1, 0.15) is 41.4 Å². The number of piperidine rings is 1. The number of thiazole rings is 1. The first-order valence-corrected chi connectivity index (χ1v) is 10.7. The van der Waals surface area contributed by atoms with E-state index in [1.807, 2.05) is 18.4 Å². The average Bonchev–Trinajstić information content (AvgIpc) is 3.41. The van der Waals surface area contributed by atoms with Crippen molar-refractivity contribution in [2.24, 2.45) is 5.92 Å². The van der Waals surface area contributed by atoms with E-state index in [-0.39, 0.29) is 23.8 Å². The quantitative estimate of drug-likeness (QED) is 0.656. The minimum Gasteiger partial charge on any atom is -0.492 e. The highest BCUT2D eigenvalue weighted by Crippen LogP contribution is 2.42. The molecule has 3 aromatic heterocycles. The van der Waals surface area contributed by atoms with E-state index in [1.54, 1.807) is 15.9 Å². The van der Waals surface area contributed by atoms with Crippen molar-refractivity contribution in [3.8, 4) is 5.88 Å². The van der Waals surface area contributed by atoms with E-state index in [4.69, 9.17) is 4.74 Å². The van der Waals surface area contributed by atoms with Crippen molar-refractivity contribution in [2.45, 2.75) is 32.2 Å². The summed E-state index contributed by atoms with van der Waals surface area (Å²) in [5, 5.41) is 17.3. The predicted molar refractivity (Wildman–Crippen MR) is 104 cm³/mol. The van der Waals surface area contributed by atoms with E-state index >= 15 is 0 Å². The fraction of sp³-hybridized carbons (Fsp3) is 0.500. The molecule has 1 saturated heterocycles. The standard InChI is InChI=1S/C18H22N4O3S2/c1-3-13-19-18-22(20-13)16(23)15(27-18)14(12-5-4-10-26-12)21-8-6-11(7-9-21)17(24)25-2/h4-5,10-11,14,23H,3,6-9H2,1-2H3. The highest BCUT2D eigenvalue weighted by molar-refractivity contribution is 7.17. The molecule has 7 nitrogen and oxygen atoms in total. The SMILES string of the molecule is CCc1nc2sc(C(c3cccs3)N3CCC(C(=O)OC)CC3)c(O)n2n1. The van der Waals surface area contributed by atoms with Crippen LogP contribution in [-0.4, -0.2) is 50.8 Å². The smallest absolute Gasteiger partial charge is 0.308 e. The number of aryl methyl sites for hydroxylation is 1. The van der Waals surface area contributed by atoms with E-state index in [0.29, 0.717) is 4.96 Å². The second-order valence-electron chi connectivity index (χ2n) is 6.62. The number of carbonyl (C=O) groups is 1. The molecule has 1 atom stereocenters. The van der Waals surface area contributed by atoms with Crippen LogP contribution in [0.25, 0.3) is 4.96 Å². The number of fused-ring (bicyclic) bond motifs is 1. The van der Waals surface area contributed by atoms with Crippen LogP contribution in [0.3, 0.4) is 0 Å². The van der Waals surface area contributed by atoms with E-state index in [0.717, 1.165) is 43.1 Å². The maximum absolute atomic E-state index is 11.8. The van der Waals surface area contributed by atoms with Crippen LogP contribution in [0.2, 0.25) is 0 Å². The molecule has 1 fully saturated rings. The Kier molecular flexibility index (Phi) is 5.16. The molecule has 0 bridgehead atoms. The molecular weight excluding hydrogens is 384 g/mol. The van der Waals surface area contributed by atoms with Crippen LogP contribution >= 0.6 is 22.7 Å². The van der Waals surface area contributed by atoms with Crippen molar-refractivity contribution in [1.29, 1.82) is 0 Å². The van der Waals surface area contributed by atoms with Crippen LogP contribution in [-0.2, 0) is 16.0 Å². The molecule has 27 heavy (non-hydrogen) atoms. The molecule has 0 saturated carbocycles. The third kappa shape index (κ3) is 3.35. The number of hydrogen-bond acceptors (Lipinski definition) is 8. The first kappa shape index (κ1) is 18.4. The lowest BCUT2D eigenvalue weighted by Gasteiger charge is -2.35. The number of esters is 1. The number of rotatable bonds is 5. The molecule has 0 aliphatic carbocycles. The van der Waals surface area contributed by atoms with Gasteiger partial charge in [0.15, 0.2) is 5.82 Å². The van der Waals surface area contributed by atoms with Gasteiger partial charge in [0.2, 0.25) is 10.8 Å². The molecule has 0 radical (unpaired) electrons. The monoisotopic (exact) mass is 406 g/mol. The maximum atomic E-state index is 11.8. The van der Waals surface area contributed by atoms with Crippen LogP contribution in [0, 0.1) is 5.92 Å². The molecule has 1 unspecified atom stereocenters. The maximum Gasteiger partial charge on any atom is 0.308 e. The van der Waals surface area contributed by atoms with Crippen molar-refractivity contribution in [1.82, 2.24) is 19.5 Å². The van der Waals surface area contributed by atoms with E-state index in [1.165, 1.54) is 23.3 Å². The summed E-state index contributed by atoms with van der Waals surface area (Å²) in [6.07, 6.45) is 2.25. The highest BCUT2D eigenvalue weighted by Gasteiger charge is 2.34. The zero-order valence-corrected chi connectivity index (χ0v) is 16.9. The normalized spacial score (nSPS) is 17.4. The minimum absolute atomic E-state index is 0.0433. The van der Waals surface area contributed by atoms with Gasteiger partial charge in [-0.2, -0.15) is 4.52 Å². The van der Waals surface area contributed by atoms with Gasteiger partial charge in [-0.15, -0.1) is 16.4 Å². The van der Waals surface area contributed by atoms with Crippen molar-refractivity contribution >= 4 is 33.6 Å². The summed E-state index contributed by atoms with van der Waals surface area (Å²) < 4.78 is 6.44. The van der Waals surface area contributed by atoms with Crippen LogP contribution in [0.5, 0.6) is 5.88 Å². The van der Waals surface area contributed by atoms with Crippen molar-refractivity contribution < 1.29 is 14.6 Å². The molecule has 1 N–H and O–H groups in total. The Morgan fingerprint density at radius 3 is 2.81 bits per heavy atom. The van der Waals surface area contributed by atoms with E-state index in [9.17, 15) is 9.90 Å². The molecule has 0 amide bonds. The number of hydrogen-bond donors (Lipinski definition) is 1. The number of likely N-dealkylation sites (tertiary alicyclic amines) is 1. The van der Waals surface area contributed by atoms with Gasteiger partial charge in [-0.25, -0.2) is 4.98 Å². The number of aromatic nitrogens is 3. The Morgan fingerprint density at radius 2 is 2.22 bits per heavy atom. The molecule has 144 valence electrons. The van der Waals surface area contributed by atoms with Crippen molar-refractivity contribution in [3.63, 3.8) is 0 Å². The number of nitrogens with zero attached hydrogens (tertiary/aromatic N) is 4. The van der Waals surface area contributed by atoms with Crippen molar-refractivity contribution in [3.05, 3.63) is 33.1 Å². The first-order valence-electron chi connectivity index (χ1n) is 9.05. The number of aromatic hydroxyl groups is 1. The summed E-state index contributed by atoms with van der Waals surface area (Å²) in [5.41, 5.74) is 0. The fourth-order valence-corrected chi connectivity index (χ4v) is 5.67. The van der Waals surface area contributed by atoms with Gasteiger partial charge in [0, 0.05) is 11.3 Å². The summed E-state index contributed by atoms with van der Waals surface area (Å²) in [4.78, 5) is 21.4. The van der Waals surface area contributed by atoms with Crippen LogP contribution in [0.15, 0.2) is 17.5 Å². The highest BCUT2D eigenvalue weighted by atomic mass is 32.1.